The summed E-state index contributed by atoms with van der Waals surface area (Å²) in [5.74, 6) is 0.938. The number of fused-ring (bicyclic) bond motifs is 10. The van der Waals surface area contributed by atoms with Crippen LogP contribution in [0.15, 0.2) is 115 Å². The van der Waals surface area contributed by atoms with Crippen molar-refractivity contribution in [2.24, 2.45) is 0 Å². The summed E-state index contributed by atoms with van der Waals surface area (Å²) in [6.45, 7) is 0. The van der Waals surface area contributed by atoms with Crippen LogP contribution in [0.4, 0.5) is 0 Å². The topological polar surface area (TPSA) is 22.2 Å². The average molecular weight is 434 g/mol. The van der Waals surface area contributed by atoms with Crippen LogP contribution in [0.1, 0.15) is 0 Å². The fourth-order valence-electron chi connectivity index (χ4n) is 5.61. The highest BCUT2D eigenvalue weighted by molar-refractivity contribution is 6.14. The van der Waals surface area contributed by atoms with Crippen molar-refractivity contribution in [2.45, 2.75) is 0 Å². The zero-order chi connectivity index (χ0) is 22.2. The van der Waals surface area contributed by atoms with Crippen molar-refractivity contribution in [1.29, 1.82) is 0 Å². The fourth-order valence-corrected chi connectivity index (χ4v) is 5.61. The van der Waals surface area contributed by atoms with Gasteiger partial charge in [0.1, 0.15) is 0 Å². The number of nitrogens with zero attached hydrogens (tertiary/aromatic N) is 3. The minimum absolute atomic E-state index is 0.938. The van der Waals surface area contributed by atoms with Crippen molar-refractivity contribution in [3.05, 3.63) is 115 Å². The second-order valence-corrected chi connectivity index (χ2v) is 8.89. The molecule has 0 N–H and O–H groups in total. The second-order valence-electron chi connectivity index (χ2n) is 8.89. The van der Waals surface area contributed by atoms with E-state index in [1.807, 2.05) is 0 Å². The summed E-state index contributed by atoms with van der Waals surface area (Å²) in [5, 5.41) is 7.45. The van der Waals surface area contributed by atoms with Crippen LogP contribution in [0.25, 0.3) is 65.8 Å². The smallest absolute Gasteiger partial charge is 0.220 e. The maximum atomic E-state index is 5.15. The van der Waals surface area contributed by atoms with Gasteiger partial charge in [0.25, 0.3) is 0 Å². The number of aromatic nitrogens is 3. The third-order valence-electron chi connectivity index (χ3n) is 7.07. The number of hydrogen-bond donors (Lipinski definition) is 0. The second kappa shape index (κ2) is 6.46. The molecule has 0 saturated carbocycles. The molecule has 0 fully saturated rings. The molecule has 0 unspecified atom stereocenters. The van der Waals surface area contributed by atoms with Gasteiger partial charge in [-0.25, -0.2) is 4.98 Å². The monoisotopic (exact) mass is 433 g/mol. The van der Waals surface area contributed by atoms with Gasteiger partial charge < -0.3 is 0 Å². The fraction of sp³-hybridized carbons (Fsp3) is 0. The predicted octanol–water partition coefficient (Wildman–Crippen LogP) is 7.89. The Morgan fingerprint density at radius 1 is 0.500 bits per heavy atom. The minimum atomic E-state index is 0.938. The molecule has 0 bridgehead atoms. The van der Waals surface area contributed by atoms with Crippen LogP contribution in [0.2, 0.25) is 0 Å². The first kappa shape index (κ1) is 17.9. The Labute approximate surface area is 195 Å². The van der Waals surface area contributed by atoms with Crippen molar-refractivity contribution in [2.75, 3.05) is 0 Å². The number of benzene rings is 6. The lowest BCUT2D eigenvalue weighted by Gasteiger charge is -2.13. The van der Waals surface area contributed by atoms with Crippen LogP contribution in [0.3, 0.4) is 0 Å². The van der Waals surface area contributed by atoms with Gasteiger partial charge in [0.15, 0.2) is 0 Å². The maximum absolute atomic E-state index is 5.15. The molecule has 0 aliphatic carbocycles. The Bertz CT molecular complexity index is 2070. The van der Waals surface area contributed by atoms with Gasteiger partial charge in [-0.3, -0.25) is 8.97 Å². The molecule has 8 aromatic rings. The van der Waals surface area contributed by atoms with E-state index in [2.05, 4.69) is 124 Å². The summed E-state index contributed by atoms with van der Waals surface area (Å²) in [5.41, 5.74) is 5.64. The van der Waals surface area contributed by atoms with Crippen LogP contribution in [0, 0.1) is 0 Å². The van der Waals surface area contributed by atoms with Crippen LogP contribution in [-0.4, -0.2) is 14.0 Å². The largest absolute Gasteiger partial charge is 0.277 e. The summed E-state index contributed by atoms with van der Waals surface area (Å²) >= 11 is 0. The van der Waals surface area contributed by atoms with E-state index in [0.29, 0.717) is 0 Å². The lowest BCUT2D eigenvalue weighted by molar-refractivity contribution is 1.12. The normalized spacial score (nSPS) is 12.1. The van der Waals surface area contributed by atoms with Gasteiger partial charge in [-0.1, -0.05) is 91.0 Å². The minimum Gasteiger partial charge on any atom is -0.277 e. The number of hydrogen-bond acceptors (Lipinski definition) is 1. The van der Waals surface area contributed by atoms with E-state index in [1.54, 1.807) is 0 Å². The SMILES string of the molecule is c1ccc2c(c1)cc(-n1c3ccc4ccccc4c3n3c4ccccc4nc13)c1ccccc12. The van der Waals surface area contributed by atoms with Crippen molar-refractivity contribution < 1.29 is 0 Å². The summed E-state index contributed by atoms with van der Waals surface area (Å²) in [7, 11) is 0. The van der Waals surface area contributed by atoms with Gasteiger partial charge in [-0.15, -0.1) is 0 Å². The zero-order valence-electron chi connectivity index (χ0n) is 18.3. The Hall–Kier alpha value is -4.63. The molecule has 158 valence electrons. The van der Waals surface area contributed by atoms with E-state index in [1.165, 1.54) is 37.8 Å². The first-order chi connectivity index (χ1) is 16.9. The van der Waals surface area contributed by atoms with Crippen LogP contribution in [-0.2, 0) is 0 Å². The van der Waals surface area contributed by atoms with Crippen LogP contribution < -0.4 is 0 Å². The molecule has 0 aliphatic heterocycles. The van der Waals surface area contributed by atoms with E-state index in [-0.39, 0.29) is 0 Å². The van der Waals surface area contributed by atoms with Gasteiger partial charge in [0, 0.05) is 10.8 Å². The van der Waals surface area contributed by atoms with Gasteiger partial charge in [0.05, 0.1) is 27.8 Å². The molecule has 3 heteroatoms. The molecule has 34 heavy (non-hydrogen) atoms. The quantitative estimate of drug-likeness (QED) is 0.241. The van der Waals surface area contributed by atoms with E-state index >= 15 is 0 Å². The van der Waals surface area contributed by atoms with Crippen molar-refractivity contribution in [3.63, 3.8) is 0 Å². The molecule has 2 heterocycles. The molecule has 6 aromatic carbocycles. The summed E-state index contributed by atoms with van der Waals surface area (Å²) in [6.07, 6.45) is 0. The zero-order valence-corrected chi connectivity index (χ0v) is 18.3. The third-order valence-corrected chi connectivity index (χ3v) is 7.07. The molecule has 0 radical (unpaired) electrons. The first-order valence-electron chi connectivity index (χ1n) is 11.6. The maximum Gasteiger partial charge on any atom is 0.220 e. The van der Waals surface area contributed by atoms with E-state index in [4.69, 9.17) is 4.98 Å². The van der Waals surface area contributed by atoms with Crippen molar-refractivity contribution in [3.8, 4) is 5.69 Å². The molecule has 0 spiro atoms. The predicted molar refractivity (Wildman–Crippen MR) is 142 cm³/mol. The lowest BCUT2D eigenvalue weighted by atomic mass is 10.00. The first-order valence-corrected chi connectivity index (χ1v) is 11.6. The molecule has 0 atom stereocenters. The standard InChI is InChI=1S/C31H19N3/c1-4-12-23-20(9-1)17-18-28-30(23)34-27-16-8-7-15-26(27)32-31(34)33(28)29-19-21-10-2-3-11-22(21)24-13-5-6-14-25(24)29/h1-19H. The molecule has 0 amide bonds. The molecule has 0 saturated heterocycles. The average Bonchev–Trinajstić information content (AvgIpc) is 3.42. The highest BCUT2D eigenvalue weighted by Crippen LogP contribution is 2.37. The lowest BCUT2D eigenvalue weighted by Crippen LogP contribution is -1.97. The molecule has 0 aliphatic rings. The summed E-state index contributed by atoms with van der Waals surface area (Å²) in [6, 6.07) is 41.2. The van der Waals surface area contributed by atoms with Gasteiger partial charge >= 0.3 is 0 Å². The Balaban J connectivity index is 1.67. The number of rotatable bonds is 1. The number of para-hydroxylation sites is 2. The van der Waals surface area contributed by atoms with Crippen LogP contribution >= 0.6 is 0 Å². The van der Waals surface area contributed by atoms with Gasteiger partial charge in [-0.2, -0.15) is 0 Å². The van der Waals surface area contributed by atoms with Crippen molar-refractivity contribution in [1.82, 2.24) is 14.0 Å². The molecular formula is C31H19N3. The molecule has 8 rings (SSSR count). The van der Waals surface area contributed by atoms with Gasteiger partial charge in [0.2, 0.25) is 5.78 Å². The third kappa shape index (κ3) is 2.23. The van der Waals surface area contributed by atoms with E-state index in [0.717, 1.165) is 28.0 Å². The highest BCUT2D eigenvalue weighted by Gasteiger charge is 2.20. The highest BCUT2D eigenvalue weighted by atomic mass is 15.2. The number of imidazole rings is 2. The Morgan fingerprint density at radius 2 is 1.18 bits per heavy atom. The van der Waals surface area contributed by atoms with Gasteiger partial charge in [-0.05, 0) is 45.8 Å². The van der Waals surface area contributed by atoms with Crippen LogP contribution in [0.5, 0.6) is 0 Å². The Morgan fingerprint density at radius 3 is 2.06 bits per heavy atom. The van der Waals surface area contributed by atoms with Crippen molar-refractivity contribution >= 4 is 60.2 Å². The van der Waals surface area contributed by atoms with E-state index < -0.39 is 0 Å². The molecular weight excluding hydrogens is 414 g/mol. The molecule has 2 aromatic heterocycles. The summed E-state index contributed by atoms with van der Waals surface area (Å²) < 4.78 is 4.67. The Kier molecular flexibility index (Phi) is 3.39. The van der Waals surface area contributed by atoms with E-state index in [9.17, 15) is 0 Å². The molecule has 3 nitrogen and oxygen atoms in total. The summed E-state index contributed by atoms with van der Waals surface area (Å²) in [4.78, 5) is 5.15.